The number of halogens is 2. The normalized spacial score (nSPS) is 10.3. The third-order valence-corrected chi connectivity index (χ3v) is 2.59. The number of anilines is 1. The van der Waals surface area contributed by atoms with Crippen molar-refractivity contribution in [2.24, 2.45) is 0 Å². The van der Waals surface area contributed by atoms with Crippen LogP contribution in [0.25, 0.3) is 0 Å². The fraction of sp³-hybridized carbons (Fsp3) is 0.154. The molecule has 0 atom stereocenters. The molecule has 0 aliphatic rings. The average Bonchev–Trinajstić information content (AvgIpc) is 2.34. The Balaban J connectivity index is 2.17. The summed E-state index contributed by atoms with van der Waals surface area (Å²) < 4.78 is 13.8. The second-order valence-corrected chi connectivity index (χ2v) is 4.42. The first-order chi connectivity index (χ1) is 9.04. The van der Waals surface area contributed by atoms with E-state index < -0.39 is 5.82 Å². The summed E-state index contributed by atoms with van der Waals surface area (Å²) in [5, 5.41) is 2.95. The average molecular weight is 280 g/mol. The third kappa shape index (κ3) is 3.72. The summed E-state index contributed by atoms with van der Waals surface area (Å²) in [6.07, 6.45) is 3.20. The molecular weight excluding hydrogens is 269 g/mol. The molecule has 0 radical (unpaired) electrons. The van der Waals surface area contributed by atoms with Crippen molar-refractivity contribution in [2.45, 2.75) is 13.3 Å². The zero-order valence-electron chi connectivity index (χ0n) is 10.2. The molecule has 0 saturated heterocycles. The van der Waals surface area contributed by atoms with Gasteiger partial charge in [-0.2, -0.15) is 0 Å². The van der Waals surface area contributed by atoms with E-state index in [2.05, 4.69) is 15.3 Å². The lowest BCUT2D eigenvalue weighted by Gasteiger charge is -2.06. The number of hydrogen-bond donors (Lipinski definition) is 1. The van der Waals surface area contributed by atoms with E-state index in [4.69, 9.17) is 11.6 Å². The van der Waals surface area contributed by atoms with Crippen LogP contribution in [0.4, 0.5) is 10.1 Å². The standard InChI is InChI=1S/C13H11ClFN3O/c1-8(19)18-11-3-2-9(12(15)5-11)4-13-16-6-10(14)7-17-13/h2-3,5-7H,4H2,1H3,(H,18,19). The van der Waals surface area contributed by atoms with Crippen LogP contribution in [0.1, 0.15) is 18.3 Å². The van der Waals surface area contributed by atoms with Gasteiger partial charge in [0.05, 0.1) is 5.02 Å². The quantitative estimate of drug-likeness (QED) is 0.940. The highest BCUT2D eigenvalue weighted by atomic mass is 35.5. The van der Waals surface area contributed by atoms with Crippen molar-refractivity contribution in [3.63, 3.8) is 0 Å². The minimum Gasteiger partial charge on any atom is -0.326 e. The molecule has 0 aliphatic carbocycles. The van der Waals surface area contributed by atoms with Gasteiger partial charge in [-0.15, -0.1) is 0 Å². The lowest BCUT2D eigenvalue weighted by atomic mass is 10.1. The number of carbonyl (C=O) groups is 1. The fourth-order valence-electron chi connectivity index (χ4n) is 1.57. The van der Waals surface area contributed by atoms with Crippen LogP contribution < -0.4 is 5.32 Å². The topological polar surface area (TPSA) is 54.9 Å². The molecule has 4 nitrogen and oxygen atoms in total. The van der Waals surface area contributed by atoms with Crippen LogP contribution in [0.2, 0.25) is 5.02 Å². The molecule has 0 fully saturated rings. The van der Waals surface area contributed by atoms with Crippen LogP contribution in [0.5, 0.6) is 0 Å². The summed E-state index contributed by atoms with van der Waals surface area (Å²) >= 11 is 5.68. The second-order valence-electron chi connectivity index (χ2n) is 3.98. The lowest BCUT2D eigenvalue weighted by molar-refractivity contribution is -0.114. The lowest BCUT2D eigenvalue weighted by Crippen LogP contribution is -2.06. The third-order valence-electron chi connectivity index (χ3n) is 2.40. The zero-order chi connectivity index (χ0) is 13.8. The molecule has 0 unspecified atom stereocenters. The van der Waals surface area contributed by atoms with Gasteiger partial charge in [-0.25, -0.2) is 14.4 Å². The van der Waals surface area contributed by atoms with E-state index in [-0.39, 0.29) is 12.3 Å². The van der Waals surface area contributed by atoms with Crippen molar-refractivity contribution >= 4 is 23.2 Å². The van der Waals surface area contributed by atoms with Crippen molar-refractivity contribution in [3.05, 3.63) is 52.8 Å². The minimum absolute atomic E-state index is 0.242. The molecule has 0 saturated carbocycles. The number of nitrogens with one attached hydrogen (secondary N) is 1. The Morgan fingerprint density at radius 3 is 2.63 bits per heavy atom. The maximum Gasteiger partial charge on any atom is 0.221 e. The molecule has 0 aliphatic heterocycles. The molecule has 19 heavy (non-hydrogen) atoms. The van der Waals surface area contributed by atoms with Crippen molar-refractivity contribution in [2.75, 3.05) is 5.32 Å². The van der Waals surface area contributed by atoms with Crippen molar-refractivity contribution < 1.29 is 9.18 Å². The van der Waals surface area contributed by atoms with Crippen molar-refractivity contribution in [1.82, 2.24) is 9.97 Å². The van der Waals surface area contributed by atoms with E-state index in [1.165, 1.54) is 25.4 Å². The van der Waals surface area contributed by atoms with Gasteiger partial charge < -0.3 is 5.32 Å². The molecule has 1 heterocycles. The van der Waals surface area contributed by atoms with Gasteiger partial charge in [0.2, 0.25) is 5.91 Å². The minimum atomic E-state index is -0.412. The second kappa shape index (κ2) is 5.75. The number of aromatic nitrogens is 2. The maximum absolute atomic E-state index is 13.8. The Morgan fingerprint density at radius 1 is 1.37 bits per heavy atom. The Labute approximate surface area is 114 Å². The van der Waals surface area contributed by atoms with Crippen LogP contribution in [-0.4, -0.2) is 15.9 Å². The van der Waals surface area contributed by atoms with Gasteiger partial charge in [-0.3, -0.25) is 4.79 Å². The summed E-state index contributed by atoms with van der Waals surface area (Å²) in [5.41, 5.74) is 0.877. The monoisotopic (exact) mass is 279 g/mol. The molecule has 1 aromatic heterocycles. The molecular formula is C13H11ClFN3O. The van der Waals surface area contributed by atoms with E-state index in [1.807, 2.05) is 0 Å². The van der Waals surface area contributed by atoms with Crippen LogP contribution >= 0.6 is 11.6 Å². The van der Waals surface area contributed by atoms with E-state index >= 15 is 0 Å². The number of benzene rings is 1. The predicted molar refractivity (Wildman–Crippen MR) is 70.6 cm³/mol. The smallest absolute Gasteiger partial charge is 0.221 e. The van der Waals surface area contributed by atoms with E-state index in [0.717, 1.165) is 0 Å². The molecule has 0 bridgehead atoms. The Kier molecular flexibility index (Phi) is 4.06. The molecule has 1 amide bonds. The van der Waals surface area contributed by atoms with Gasteiger partial charge in [0, 0.05) is 31.4 Å². The van der Waals surface area contributed by atoms with Crippen LogP contribution in [-0.2, 0) is 11.2 Å². The highest BCUT2D eigenvalue weighted by molar-refractivity contribution is 6.30. The fourth-order valence-corrected chi connectivity index (χ4v) is 1.67. The largest absolute Gasteiger partial charge is 0.326 e. The SMILES string of the molecule is CC(=O)Nc1ccc(Cc2ncc(Cl)cn2)c(F)c1. The van der Waals surface area contributed by atoms with Gasteiger partial charge in [0.1, 0.15) is 11.6 Å². The molecule has 2 rings (SSSR count). The Bertz CT molecular complexity index is 601. The van der Waals surface area contributed by atoms with Gasteiger partial charge in [-0.1, -0.05) is 17.7 Å². The molecule has 2 aromatic rings. The Morgan fingerprint density at radius 2 is 2.05 bits per heavy atom. The summed E-state index contributed by atoms with van der Waals surface area (Å²) in [6.45, 7) is 1.37. The maximum atomic E-state index is 13.8. The number of nitrogens with zero attached hydrogens (tertiary/aromatic N) is 2. The van der Waals surface area contributed by atoms with Crippen LogP contribution in [0, 0.1) is 5.82 Å². The van der Waals surface area contributed by atoms with E-state index in [9.17, 15) is 9.18 Å². The summed E-state index contributed by atoms with van der Waals surface area (Å²) in [4.78, 5) is 18.9. The predicted octanol–water partition coefficient (Wildman–Crippen LogP) is 2.82. The summed E-state index contributed by atoms with van der Waals surface area (Å²) in [6, 6.07) is 4.50. The van der Waals surface area contributed by atoms with Gasteiger partial charge in [0.25, 0.3) is 0 Å². The first-order valence-corrected chi connectivity index (χ1v) is 5.95. The molecule has 1 N–H and O–H groups in total. The number of hydrogen-bond acceptors (Lipinski definition) is 3. The zero-order valence-corrected chi connectivity index (χ0v) is 10.9. The van der Waals surface area contributed by atoms with Crippen molar-refractivity contribution in [3.8, 4) is 0 Å². The Hall–Kier alpha value is -2.01. The first kappa shape index (κ1) is 13.4. The highest BCUT2D eigenvalue weighted by Gasteiger charge is 2.07. The molecule has 0 spiro atoms. The molecule has 98 valence electrons. The van der Waals surface area contributed by atoms with Gasteiger partial charge >= 0.3 is 0 Å². The van der Waals surface area contributed by atoms with E-state index in [0.29, 0.717) is 22.1 Å². The molecule has 6 heteroatoms. The van der Waals surface area contributed by atoms with Crippen molar-refractivity contribution in [1.29, 1.82) is 0 Å². The summed E-state index contributed by atoms with van der Waals surface area (Å²) in [5.74, 6) is -0.173. The number of carbonyl (C=O) groups excluding carboxylic acids is 1. The number of amides is 1. The number of rotatable bonds is 3. The van der Waals surface area contributed by atoms with Gasteiger partial charge in [-0.05, 0) is 17.7 Å². The van der Waals surface area contributed by atoms with E-state index in [1.54, 1.807) is 12.1 Å². The highest BCUT2D eigenvalue weighted by Crippen LogP contribution is 2.17. The summed E-state index contributed by atoms with van der Waals surface area (Å²) in [7, 11) is 0. The van der Waals surface area contributed by atoms with Crippen LogP contribution in [0.15, 0.2) is 30.6 Å². The van der Waals surface area contributed by atoms with Crippen LogP contribution in [0.3, 0.4) is 0 Å². The van der Waals surface area contributed by atoms with Gasteiger partial charge in [0.15, 0.2) is 0 Å². The molecule has 1 aromatic carbocycles. The first-order valence-electron chi connectivity index (χ1n) is 5.57.